The standard InChI is InChI=1S/C17H16O3/c1-19-16-10-9-15(13-18)17(12-16)20-11-5-8-14-6-3-2-4-7-14/h2-10,12-13H,11H2,1H3/b8-5+. The summed E-state index contributed by atoms with van der Waals surface area (Å²) in [5.41, 5.74) is 1.62. The van der Waals surface area contributed by atoms with Crippen LogP contribution in [-0.2, 0) is 0 Å². The van der Waals surface area contributed by atoms with Gasteiger partial charge in [-0.3, -0.25) is 4.79 Å². The Hall–Kier alpha value is -2.55. The van der Waals surface area contributed by atoms with Crippen molar-refractivity contribution in [1.29, 1.82) is 0 Å². The van der Waals surface area contributed by atoms with E-state index in [9.17, 15) is 4.79 Å². The molecule has 0 bridgehead atoms. The van der Waals surface area contributed by atoms with Gasteiger partial charge in [0, 0.05) is 6.07 Å². The summed E-state index contributed by atoms with van der Waals surface area (Å²) in [7, 11) is 1.58. The monoisotopic (exact) mass is 268 g/mol. The third-order valence-electron chi connectivity index (χ3n) is 2.79. The fourth-order valence-electron chi connectivity index (χ4n) is 1.75. The Kier molecular flexibility index (Phi) is 4.95. The topological polar surface area (TPSA) is 35.5 Å². The van der Waals surface area contributed by atoms with Crippen LogP contribution in [0.5, 0.6) is 11.5 Å². The minimum atomic E-state index is 0.392. The Labute approximate surface area is 118 Å². The van der Waals surface area contributed by atoms with E-state index in [1.807, 2.05) is 42.5 Å². The first-order valence-electron chi connectivity index (χ1n) is 6.31. The molecule has 0 radical (unpaired) electrons. The third kappa shape index (κ3) is 3.72. The van der Waals surface area contributed by atoms with Crippen LogP contribution in [0.3, 0.4) is 0 Å². The van der Waals surface area contributed by atoms with Gasteiger partial charge in [-0.2, -0.15) is 0 Å². The molecular weight excluding hydrogens is 252 g/mol. The van der Waals surface area contributed by atoms with Crippen LogP contribution >= 0.6 is 0 Å². The number of benzene rings is 2. The molecule has 0 aliphatic heterocycles. The molecule has 102 valence electrons. The van der Waals surface area contributed by atoms with E-state index in [1.165, 1.54) is 0 Å². The number of ether oxygens (including phenoxy) is 2. The van der Waals surface area contributed by atoms with Crippen molar-refractivity contribution in [1.82, 2.24) is 0 Å². The quantitative estimate of drug-likeness (QED) is 0.751. The lowest BCUT2D eigenvalue weighted by Crippen LogP contribution is -1.98. The summed E-state index contributed by atoms with van der Waals surface area (Å²) < 4.78 is 10.7. The highest BCUT2D eigenvalue weighted by molar-refractivity contribution is 5.79. The zero-order chi connectivity index (χ0) is 14.2. The number of hydrogen-bond acceptors (Lipinski definition) is 3. The molecule has 0 fully saturated rings. The van der Waals surface area contributed by atoms with Crippen LogP contribution in [0.15, 0.2) is 54.6 Å². The highest BCUT2D eigenvalue weighted by atomic mass is 16.5. The predicted octanol–water partition coefficient (Wildman–Crippen LogP) is 3.60. The first-order valence-corrected chi connectivity index (χ1v) is 6.31. The SMILES string of the molecule is COc1ccc(C=O)c(OC/C=C/c2ccccc2)c1. The molecule has 20 heavy (non-hydrogen) atoms. The van der Waals surface area contributed by atoms with Crippen molar-refractivity contribution in [3.63, 3.8) is 0 Å². The molecular formula is C17H16O3. The Morgan fingerprint density at radius 1 is 1.10 bits per heavy atom. The lowest BCUT2D eigenvalue weighted by molar-refractivity contribution is 0.112. The maximum absolute atomic E-state index is 10.9. The summed E-state index contributed by atoms with van der Waals surface area (Å²) >= 11 is 0. The van der Waals surface area contributed by atoms with Crippen molar-refractivity contribution in [2.24, 2.45) is 0 Å². The molecule has 0 saturated carbocycles. The number of rotatable bonds is 6. The summed E-state index contributed by atoms with van der Waals surface area (Å²) in [6.07, 6.45) is 4.65. The molecule has 0 N–H and O–H groups in total. The minimum absolute atomic E-state index is 0.392. The van der Waals surface area contributed by atoms with Gasteiger partial charge in [0.2, 0.25) is 0 Å². The van der Waals surface area contributed by atoms with Gasteiger partial charge in [0.1, 0.15) is 18.1 Å². The van der Waals surface area contributed by atoms with Crippen molar-refractivity contribution in [3.8, 4) is 11.5 Å². The normalized spacial score (nSPS) is 10.4. The van der Waals surface area contributed by atoms with E-state index in [0.29, 0.717) is 23.7 Å². The van der Waals surface area contributed by atoms with Crippen LogP contribution in [0.4, 0.5) is 0 Å². The van der Waals surface area contributed by atoms with Gasteiger partial charge >= 0.3 is 0 Å². The van der Waals surface area contributed by atoms with E-state index in [1.54, 1.807) is 25.3 Å². The first kappa shape index (κ1) is 13.9. The molecule has 2 rings (SSSR count). The maximum atomic E-state index is 10.9. The zero-order valence-electron chi connectivity index (χ0n) is 11.3. The second-order valence-corrected chi connectivity index (χ2v) is 4.15. The summed E-state index contributed by atoms with van der Waals surface area (Å²) in [6, 6.07) is 15.1. The Morgan fingerprint density at radius 3 is 2.60 bits per heavy atom. The van der Waals surface area contributed by atoms with Gasteiger partial charge in [-0.1, -0.05) is 36.4 Å². The highest BCUT2D eigenvalue weighted by Crippen LogP contribution is 2.23. The van der Waals surface area contributed by atoms with Gasteiger partial charge < -0.3 is 9.47 Å². The van der Waals surface area contributed by atoms with E-state index >= 15 is 0 Å². The van der Waals surface area contributed by atoms with Crippen LogP contribution < -0.4 is 9.47 Å². The van der Waals surface area contributed by atoms with E-state index in [-0.39, 0.29) is 0 Å². The highest BCUT2D eigenvalue weighted by Gasteiger charge is 2.04. The number of methoxy groups -OCH3 is 1. The van der Waals surface area contributed by atoms with Crippen molar-refractivity contribution >= 4 is 12.4 Å². The van der Waals surface area contributed by atoms with Crippen molar-refractivity contribution in [2.75, 3.05) is 13.7 Å². The van der Waals surface area contributed by atoms with E-state index in [0.717, 1.165) is 11.8 Å². The number of aldehydes is 1. The Balaban J connectivity index is 2.00. The predicted molar refractivity (Wildman–Crippen MR) is 79.4 cm³/mol. The van der Waals surface area contributed by atoms with E-state index in [4.69, 9.17) is 9.47 Å². The van der Waals surface area contributed by atoms with Gasteiger partial charge in [0.25, 0.3) is 0 Å². The molecule has 3 heteroatoms. The number of hydrogen-bond donors (Lipinski definition) is 0. The largest absolute Gasteiger partial charge is 0.497 e. The Morgan fingerprint density at radius 2 is 1.90 bits per heavy atom. The Bertz CT molecular complexity index is 588. The summed E-state index contributed by atoms with van der Waals surface area (Å²) in [5, 5.41) is 0. The van der Waals surface area contributed by atoms with Crippen LogP contribution in [0.2, 0.25) is 0 Å². The summed E-state index contributed by atoms with van der Waals surface area (Å²) in [4.78, 5) is 10.9. The minimum Gasteiger partial charge on any atom is -0.497 e. The average Bonchev–Trinajstić information content (AvgIpc) is 2.52. The molecule has 0 heterocycles. The maximum Gasteiger partial charge on any atom is 0.153 e. The number of carbonyl (C=O) groups excluding carboxylic acids is 1. The van der Waals surface area contributed by atoms with Crippen molar-refractivity contribution in [2.45, 2.75) is 0 Å². The molecule has 3 nitrogen and oxygen atoms in total. The fraction of sp³-hybridized carbons (Fsp3) is 0.118. The molecule has 0 atom stereocenters. The van der Waals surface area contributed by atoms with Crippen LogP contribution in [0.25, 0.3) is 6.08 Å². The zero-order valence-corrected chi connectivity index (χ0v) is 11.3. The fourth-order valence-corrected chi connectivity index (χ4v) is 1.75. The van der Waals surface area contributed by atoms with Gasteiger partial charge in [0.05, 0.1) is 12.7 Å². The second kappa shape index (κ2) is 7.14. The lowest BCUT2D eigenvalue weighted by Gasteiger charge is -2.08. The van der Waals surface area contributed by atoms with Crippen molar-refractivity contribution < 1.29 is 14.3 Å². The molecule has 2 aromatic carbocycles. The molecule has 0 aromatic heterocycles. The van der Waals surface area contributed by atoms with Gasteiger partial charge in [-0.05, 0) is 23.8 Å². The number of carbonyl (C=O) groups is 1. The summed E-state index contributed by atoms with van der Waals surface area (Å²) in [5.74, 6) is 1.19. The van der Waals surface area contributed by atoms with Crippen LogP contribution in [-0.4, -0.2) is 20.0 Å². The van der Waals surface area contributed by atoms with Crippen molar-refractivity contribution in [3.05, 3.63) is 65.7 Å². The third-order valence-corrected chi connectivity index (χ3v) is 2.79. The average molecular weight is 268 g/mol. The van der Waals surface area contributed by atoms with E-state index < -0.39 is 0 Å². The molecule has 0 aliphatic rings. The molecule has 0 amide bonds. The first-order chi connectivity index (χ1) is 9.83. The lowest BCUT2D eigenvalue weighted by atomic mass is 10.2. The van der Waals surface area contributed by atoms with Crippen LogP contribution in [0, 0.1) is 0 Å². The second-order valence-electron chi connectivity index (χ2n) is 4.15. The summed E-state index contributed by atoms with van der Waals surface area (Å²) in [6.45, 7) is 0.392. The van der Waals surface area contributed by atoms with Gasteiger partial charge in [-0.25, -0.2) is 0 Å². The van der Waals surface area contributed by atoms with Crippen LogP contribution in [0.1, 0.15) is 15.9 Å². The van der Waals surface area contributed by atoms with Gasteiger partial charge in [-0.15, -0.1) is 0 Å². The molecule has 0 spiro atoms. The van der Waals surface area contributed by atoms with E-state index in [2.05, 4.69) is 0 Å². The molecule has 2 aromatic rings. The van der Waals surface area contributed by atoms with Gasteiger partial charge in [0.15, 0.2) is 6.29 Å². The molecule has 0 unspecified atom stereocenters. The molecule has 0 saturated heterocycles. The molecule has 0 aliphatic carbocycles. The smallest absolute Gasteiger partial charge is 0.153 e.